The number of aryl methyl sites for hydroxylation is 2. The quantitative estimate of drug-likeness (QED) is 0.236. The molecule has 2 amide bonds. The zero-order valence-corrected chi connectivity index (χ0v) is 28.1. The summed E-state index contributed by atoms with van der Waals surface area (Å²) in [6, 6.07) is 20.7. The van der Waals surface area contributed by atoms with E-state index in [2.05, 4.69) is 6.07 Å². The van der Waals surface area contributed by atoms with Crippen LogP contribution in [0, 0.1) is 5.41 Å². The summed E-state index contributed by atoms with van der Waals surface area (Å²) in [4.78, 5) is 32.0. The van der Waals surface area contributed by atoms with Crippen LogP contribution in [0.2, 0.25) is 5.02 Å². The number of nitrogens with zero attached hydrogens (tertiary/aromatic N) is 4. The molecule has 244 valence electrons. The third kappa shape index (κ3) is 5.36. The minimum atomic E-state index is -3.60. The standard InChI is InChI=1S/C37H39ClN4O4S/c1-39-18-14-26-22-29(11-13-33(26)39)47(45,46)41-20-16-37(17-21-41)15-19-40(24-37)35(43)27-7-6-25-8-12-34(31(25)23-27)42(28-9-10-28)36(44)30-4-2-3-5-32(30)38/h2-7,11,13-14,18,22-23,28,34H,8-10,12,15-17,19-21,24H2,1H3. The monoisotopic (exact) mass is 670 g/mol. The van der Waals surface area contributed by atoms with E-state index < -0.39 is 10.0 Å². The second-order valence-corrected chi connectivity index (χ2v) is 16.3. The summed E-state index contributed by atoms with van der Waals surface area (Å²) in [5.74, 6) is -0.0277. The van der Waals surface area contributed by atoms with Crippen molar-refractivity contribution < 1.29 is 18.0 Å². The minimum absolute atomic E-state index is 0.0111. The number of carbonyl (C=O) groups is 2. The van der Waals surface area contributed by atoms with Gasteiger partial charge in [-0.25, -0.2) is 8.42 Å². The van der Waals surface area contributed by atoms with Gasteiger partial charge in [0.05, 0.1) is 21.5 Å². The molecule has 3 heterocycles. The Morgan fingerprint density at radius 2 is 1.68 bits per heavy atom. The highest BCUT2D eigenvalue weighted by molar-refractivity contribution is 7.89. The number of benzene rings is 3. The number of rotatable bonds is 6. The van der Waals surface area contributed by atoms with Crippen molar-refractivity contribution in [2.24, 2.45) is 12.5 Å². The number of hydrogen-bond donors (Lipinski definition) is 0. The zero-order valence-electron chi connectivity index (χ0n) is 26.6. The summed E-state index contributed by atoms with van der Waals surface area (Å²) in [6.07, 6.45) is 7.95. The summed E-state index contributed by atoms with van der Waals surface area (Å²) in [6.45, 7) is 2.20. The number of fused-ring (bicyclic) bond motifs is 2. The highest BCUT2D eigenvalue weighted by Crippen LogP contribution is 2.45. The Balaban J connectivity index is 0.959. The third-order valence-corrected chi connectivity index (χ3v) is 13.3. The van der Waals surface area contributed by atoms with Crippen molar-refractivity contribution >= 4 is 44.3 Å². The number of aromatic nitrogens is 1. The summed E-state index contributed by atoms with van der Waals surface area (Å²) in [7, 11) is -1.65. The van der Waals surface area contributed by atoms with Gasteiger partial charge in [0.1, 0.15) is 0 Å². The number of sulfonamides is 1. The molecular weight excluding hydrogens is 632 g/mol. The van der Waals surface area contributed by atoms with Crippen molar-refractivity contribution in [2.75, 3.05) is 26.2 Å². The molecule has 1 atom stereocenters. The highest BCUT2D eigenvalue weighted by Gasteiger charge is 2.45. The van der Waals surface area contributed by atoms with Gasteiger partial charge in [0.2, 0.25) is 10.0 Å². The average Bonchev–Trinajstić information content (AvgIpc) is 3.53. The van der Waals surface area contributed by atoms with E-state index in [4.69, 9.17) is 11.6 Å². The molecule has 0 bridgehead atoms. The lowest BCUT2D eigenvalue weighted by Crippen LogP contribution is -2.44. The van der Waals surface area contributed by atoms with Crippen molar-refractivity contribution in [3.05, 3.63) is 100 Å². The largest absolute Gasteiger partial charge is 0.351 e. The van der Waals surface area contributed by atoms with Crippen LogP contribution in [0.25, 0.3) is 10.9 Å². The smallest absolute Gasteiger partial charge is 0.256 e. The van der Waals surface area contributed by atoms with Crippen LogP contribution in [-0.2, 0) is 23.5 Å². The predicted molar refractivity (Wildman–Crippen MR) is 182 cm³/mol. The Labute approximate surface area is 280 Å². The van der Waals surface area contributed by atoms with Crippen molar-refractivity contribution in [1.82, 2.24) is 18.7 Å². The number of hydrogen-bond acceptors (Lipinski definition) is 4. The predicted octanol–water partition coefficient (Wildman–Crippen LogP) is 6.44. The van der Waals surface area contributed by atoms with Gasteiger partial charge in [0, 0.05) is 61.9 Å². The molecule has 47 heavy (non-hydrogen) atoms. The van der Waals surface area contributed by atoms with Crippen LogP contribution in [0.4, 0.5) is 0 Å². The van der Waals surface area contributed by atoms with Gasteiger partial charge in [-0.15, -0.1) is 0 Å². The molecule has 0 N–H and O–H groups in total. The molecule has 1 unspecified atom stereocenters. The van der Waals surface area contributed by atoms with Crippen LogP contribution < -0.4 is 0 Å². The zero-order chi connectivity index (χ0) is 32.5. The maximum absolute atomic E-state index is 13.9. The van der Waals surface area contributed by atoms with Crippen LogP contribution >= 0.6 is 11.6 Å². The molecule has 0 radical (unpaired) electrons. The summed E-state index contributed by atoms with van der Waals surface area (Å²) >= 11 is 6.44. The molecule has 8 nitrogen and oxygen atoms in total. The van der Waals surface area contributed by atoms with Gasteiger partial charge in [0.25, 0.3) is 11.8 Å². The van der Waals surface area contributed by atoms with Crippen LogP contribution in [0.3, 0.4) is 0 Å². The van der Waals surface area contributed by atoms with Crippen LogP contribution in [0.15, 0.2) is 77.8 Å². The fraction of sp³-hybridized carbons (Fsp3) is 0.405. The van der Waals surface area contributed by atoms with E-state index in [0.717, 1.165) is 61.4 Å². The Hall–Kier alpha value is -3.66. The Bertz CT molecular complexity index is 2010. The number of amides is 2. The summed E-state index contributed by atoms with van der Waals surface area (Å²) in [5.41, 5.74) is 4.38. The topological polar surface area (TPSA) is 82.9 Å². The van der Waals surface area contributed by atoms with Crippen molar-refractivity contribution in [2.45, 2.75) is 61.9 Å². The molecule has 1 saturated carbocycles. The van der Waals surface area contributed by atoms with Crippen LogP contribution in [-0.4, -0.2) is 71.1 Å². The summed E-state index contributed by atoms with van der Waals surface area (Å²) < 4.78 is 30.7. The second-order valence-electron chi connectivity index (χ2n) is 13.9. The molecule has 2 saturated heterocycles. The molecule has 4 aliphatic rings. The minimum Gasteiger partial charge on any atom is -0.351 e. The first-order chi connectivity index (χ1) is 22.6. The normalized spacial score (nSPS) is 21.0. The molecule has 3 aromatic carbocycles. The number of carbonyl (C=O) groups excluding carboxylic acids is 2. The lowest BCUT2D eigenvalue weighted by atomic mass is 9.78. The van der Waals surface area contributed by atoms with Gasteiger partial charge in [-0.05, 0) is 110 Å². The number of piperidine rings is 1. The van der Waals surface area contributed by atoms with E-state index in [1.54, 1.807) is 28.6 Å². The van der Waals surface area contributed by atoms with Gasteiger partial charge in [-0.3, -0.25) is 9.59 Å². The van der Waals surface area contributed by atoms with Crippen molar-refractivity contribution in [1.29, 1.82) is 0 Å². The maximum Gasteiger partial charge on any atom is 0.256 e. The maximum atomic E-state index is 13.9. The molecule has 1 aromatic heterocycles. The van der Waals surface area contributed by atoms with E-state index in [-0.39, 0.29) is 29.3 Å². The van der Waals surface area contributed by atoms with Crippen LogP contribution in [0.1, 0.15) is 76.4 Å². The average molecular weight is 671 g/mol. The van der Waals surface area contributed by atoms with E-state index >= 15 is 0 Å². The lowest BCUT2D eigenvalue weighted by Gasteiger charge is -2.38. The molecule has 2 aliphatic carbocycles. The second kappa shape index (κ2) is 11.5. The van der Waals surface area contributed by atoms with E-state index in [0.29, 0.717) is 47.2 Å². The molecule has 2 aliphatic heterocycles. The fourth-order valence-corrected chi connectivity index (χ4v) is 9.85. The first kappa shape index (κ1) is 30.7. The fourth-order valence-electron chi connectivity index (χ4n) is 8.16. The van der Waals surface area contributed by atoms with E-state index in [1.165, 1.54) is 5.56 Å². The van der Waals surface area contributed by atoms with Gasteiger partial charge in [0.15, 0.2) is 0 Å². The molecular formula is C37H39ClN4O4S. The van der Waals surface area contributed by atoms with Gasteiger partial charge in [-0.2, -0.15) is 4.31 Å². The molecule has 1 spiro atoms. The summed E-state index contributed by atoms with van der Waals surface area (Å²) in [5, 5.41) is 1.38. The Morgan fingerprint density at radius 1 is 0.915 bits per heavy atom. The third-order valence-electron chi connectivity index (χ3n) is 11.1. The number of likely N-dealkylation sites (tertiary alicyclic amines) is 1. The van der Waals surface area contributed by atoms with E-state index in [9.17, 15) is 18.0 Å². The Morgan fingerprint density at radius 3 is 2.45 bits per heavy atom. The highest BCUT2D eigenvalue weighted by atomic mass is 35.5. The molecule has 3 fully saturated rings. The lowest BCUT2D eigenvalue weighted by molar-refractivity contribution is 0.0658. The van der Waals surface area contributed by atoms with Crippen LogP contribution in [0.5, 0.6) is 0 Å². The first-order valence-corrected chi connectivity index (χ1v) is 18.5. The Kier molecular flexibility index (Phi) is 7.50. The first-order valence-electron chi connectivity index (χ1n) is 16.7. The van der Waals surface area contributed by atoms with Crippen molar-refractivity contribution in [3.63, 3.8) is 0 Å². The van der Waals surface area contributed by atoms with Crippen molar-refractivity contribution in [3.8, 4) is 0 Å². The van der Waals surface area contributed by atoms with Gasteiger partial charge >= 0.3 is 0 Å². The molecule has 8 rings (SSSR count). The van der Waals surface area contributed by atoms with Gasteiger partial charge < -0.3 is 14.4 Å². The molecule has 10 heteroatoms. The molecule has 4 aromatic rings. The number of halogens is 1. The van der Waals surface area contributed by atoms with Gasteiger partial charge in [-0.1, -0.05) is 29.8 Å². The SMILES string of the molecule is Cn1ccc2cc(S(=O)(=O)N3CCC4(CCN(C(=O)c5ccc6c(c5)C(N(C(=O)c5ccccc5Cl)C5CC5)CC6)C4)CC3)ccc21. The van der Waals surface area contributed by atoms with E-state index in [1.807, 2.05) is 64.0 Å².